The first-order valence-corrected chi connectivity index (χ1v) is 40.6. The van der Waals surface area contributed by atoms with Gasteiger partial charge in [-0.15, -0.1) is 0 Å². The van der Waals surface area contributed by atoms with E-state index in [2.05, 4.69) is 42.9 Å². The maximum atomic E-state index is 14.1. The minimum atomic E-state index is -5.33. The number of hydrogen-bond donors (Lipinski definition) is 8. The lowest BCUT2D eigenvalue weighted by molar-refractivity contribution is -0.308. The first-order valence-electron chi connectivity index (χ1n) is 37.5. The van der Waals surface area contributed by atoms with Gasteiger partial charge < -0.3 is 68.8 Å². The number of ketones is 2. The Morgan fingerprint density at radius 1 is 0.372 bits per heavy atom. The molecule has 10 atom stereocenters. The van der Waals surface area contributed by atoms with Gasteiger partial charge in [0.25, 0.3) is 0 Å². The number of hydrogen-bond acceptors (Lipinski definition) is 16. The molecule has 22 nitrogen and oxygen atoms in total. The highest BCUT2D eigenvalue weighted by Gasteiger charge is 2.52. The summed E-state index contributed by atoms with van der Waals surface area (Å²) in [4.78, 5) is 93.7. The summed E-state index contributed by atoms with van der Waals surface area (Å²) in [5, 5.41) is 29.1. The molecule has 2 aliphatic heterocycles. The Hall–Kier alpha value is -1.82. The molecule has 0 saturated carbocycles. The molecule has 0 spiro atoms. The van der Waals surface area contributed by atoms with Crippen molar-refractivity contribution < 1.29 is 95.6 Å². The summed E-state index contributed by atoms with van der Waals surface area (Å²) >= 11 is 0. The van der Waals surface area contributed by atoms with Crippen molar-refractivity contribution >= 4 is 39.0 Å². The van der Waals surface area contributed by atoms with Crippen LogP contribution in [0.3, 0.4) is 0 Å². The molecule has 2 heterocycles. The van der Waals surface area contributed by atoms with E-state index < -0.39 is 109 Å². The minimum absolute atomic E-state index is 0.0284. The van der Waals surface area contributed by atoms with Gasteiger partial charge in [0.1, 0.15) is 60.3 Å². The third-order valence-electron chi connectivity index (χ3n) is 17.9. The molecule has 0 unspecified atom stereocenters. The van der Waals surface area contributed by atoms with Crippen LogP contribution >= 0.6 is 15.6 Å². The molecule has 0 bridgehead atoms. The highest BCUT2D eigenvalue weighted by atomic mass is 31.2. The lowest BCUT2D eigenvalue weighted by atomic mass is 9.95. The van der Waals surface area contributed by atoms with Gasteiger partial charge in [-0.1, -0.05) is 246 Å². The number of phosphoric acid groups is 2. The molecule has 0 aromatic heterocycles. The number of carbonyl (C=O) groups excluding carboxylic acids is 4. The molecule has 0 aromatic rings. The molecule has 2 rings (SSSR count). The number of rotatable bonds is 65. The standard InChI is InChI=1S/C70H134N2O20P2/c1-5-9-13-17-21-25-27-29-33-37-41-49-61(76)71-63-67(85-51-43-47-57(74)45-39-35-31-23-19-15-11-7-3)65(78)60(91-69(63)87-53-54-89-93(79,80)81)56-88-70-64(72-62(77)50-42-38-34-30-28-26-22-18-14-10-6-2)68(66(59(55-73)90-70)92-94(82,83)84)86-52-44-48-58(75)46-40-36-32-24-20-16-12-8-4/h59-60,63-70,73,78H,5-56H2,1-4H3,(H,71,76)(H,72,77)(H2,79,80,81)(H2,82,83,84)/t59-,60-,63-,64-,65-,66-,67-,68-,69+,70-/m1/s1. The van der Waals surface area contributed by atoms with E-state index in [0.29, 0.717) is 25.7 Å². The molecule has 0 radical (unpaired) electrons. The zero-order valence-electron chi connectivity index (χ0n) is 58.8. The van der Waals surface area contributed by atoms with E-state index in [1.165, 1.54) is 122 Å². The lowest BCUT2D eigenvalue weighted by Crippen LogP contribution is -2.67. The minimum Gasteiger partial charge on any atom is -0.394 e. The van der Waals surface area contributed by atoms with E-state index in [4.69, 9.17) is 32.9 Å². The summed E-state index contributed by atoms with van der Waals surface area (Å²) in [5.74, 6) is -0.733. The van der Waals surface area contributed by atoms with Gasteiger partial charge >= 0.3 is 15.6 Å². The Balaban J connectivity index is 2.46. The number of phosphoric ester groups is 2. The van der Waals surface area contributed by atoms with Crippen molar-refractivity contribution in [3.05, 3.63) is 0 Å². The predicted octanol–water partition coefficient (Wildman–Crippen LogP) is 14.3. The quantitative estimate of drug-likeness (QED) is 0.0207. The van der Waals surface area contributed by atoms with E-state index in [-0.39, 0.29) is 69.2 Å². The van der Waals surface area contributed by atoms with Gasteiger partial charge in [0.2, 0.25) is 11.8 Å². The molecular formula is C70H134N2O20P2. The second-order valence-electron chi connectivity index (χ2n) is 26.5. The number of aliphatic hydroxyl groups excluding tert-OH is 2. The SMILES string of the molecule is CCCCCCCCCCCCCC(=O)N[C@H]1[C@H](OC[C@H]2O[C@H](OCCOP(=O)(O)O)[C@H](NC(=O)CCCCCCCCCCCCC)[C@@H](OCCCC(=O)CCCCCCCCCC)[C@@H]2O)O[C@H](CO)[C@@H](OP(=O)(O)O)[C@@H]1OCCCC(=O)CCCCCCCCCC. The Labute approximate surface area is 566 Å². The third kappa shape index (κ3) is 45.0. The van der Waals surface area contributed by atoms with Gasteiger partial charge in [-0.3, -0.25) is 28.2 Å². The van der Waals surface area contributed by atoms with Crippen LogP contribution in [0.25, 0.3) is 0 Å². The third-order valence-corrected chi connectivity index (χ3v) is 19.0. The molecule has 94 heavy (non-hydrogen) atoms. The van der Waals surface area contributed by atoms with Crippen LogP contribution in [0.2, 0.25) is 0 Å². The van der Waals surface area contributed by atoms with Crippen LogP contribution in [0.4, 0.5) is 0 Å². The molecular weight excluding hydrogens is 1250 g/mol. The van der Waals surface area contributed by atoms with Crippen molar-refractivity contribution in [1.29, 1.82) is 0 Å². The fraction of sp³-hybridized carbons (Fsp3) is 0.943. The Bertz CT molecular complexity index is 1980. The molecule has 0 aromatic carbocycles. The Morgan fingerprint density at radius 3 is 1.07 bits per heavy atom. The number of carbonyl (C=O) groups is 4. The summed E-state index contributed by atoms with van der Waals surface area (Å²) in [6.45, 7) is 6.16. The van der Waals surface area contributed by atoms with Gasteiger partial charge in [0, 0.05) is 51.7 Å². The zero-order chi connectivity index (χ0) is 68.9. The topological polar surface area (TPSA) is 322 Å². The fourth-order valence-corrected chi connectivity index (χ4v) is 13.3. The zero-order valence-corrected chi connectivity index (χ0v) is 60.6. The van der Waals surface area contributed by atoms with Gasteiger partial charge in [-0.2, -0.15) is 0 Å². The normalized spacial score (nSPS) is 21.8. The van der Waals surface area contributed by atoms with E-state index in [0.717, 1.165) is 109 Å². The number of amides is 2. The number of ether oxygens (including phenoxy) is 6. The van der Waals surface area contributed by atoms with Crippen LogP contribution in [0.15, 0.2) is 0 Å². The maximum Gasteiger partial charge on any atom is 0.470 e. The van der Waals surface area contributed by atoms with E-state index in [1.807, 2.05) is 0 Å². The van der Waals surface area contributed by atoms with Gasteiger partial charge in [0.05, 0.1) is 26.4 Å². The summed E-state index contributed by atoms with van der Waals surface area (Å²) in [5.41, 5.74) is 0. The second-order valence-corrected chi connectivity index (χ2v) is 28.9. The van der Waals surface area contributed by atoms with Crippen molar-refractivity contribution in [3.8, 4) is 0 Å². The van der Waals surface area contributed by atoms with Crippen LogP contribution in [-0.2, 0) is 65.8 Å². The second kappa shape index (κ2) is 56.9. The van der Waals surface area contributed by atoms with Gasteiger partial charge in [-0.25, -0.2) is 9.13 Å². The molecule has 0 aliphatic carbocycles. The summed E-state index contributed by atoms with van der Waals surface area (Å²) < 4.78 is 72.4. The van der Waals surface area contributed by atoms with E-state index >= 15 is 0 Å². The Morgan fingerprint density at radius 2 is 0.702 bits per heavy atom. The van der Waals surface area contributed by atoms with Crippen LogP contribution < -0.4 is 10.6 Å². The van der Waals surface area contributed by atoms with Gasteiger partial charge in [0.15, 0.2) is 12.6 Å². The maximum absolute atomic E-state index is 14.1. The molecule has 8 N–H and O–H groups in total. The number of Topliss-reactive ketones (excluding diaryl/α,β-unsaturated/α-hetero) is 2. The van der Waals surface area contributed by atoms with Crippen LogP contribution in [0.5, 0.6) is 0 Å². The summed E-state index contributed by atoms with van der Waals surface area (Å²) in [7, 11) is -10.3. The van der Waals surface area contributed by atoms with Crippen molar-refractivity contribution in [2.24, 2.45) is 0 Å². The largest absolute Gasteiger partial charge is 0.470 e. The number of unbranched alkanes of at least 4 members (excludes halogenated alkanes) is 34. The first kappa shape index (κ1) is 88.3. The molecule has 2 saturated heterocycles. The average Bonchev–Trinajstić information content (AvgIpc) is 0.799. The smallest absolute Gasteiger partial charge is 0.394 e. The highest BCUT2D eigenvalue weighted by Crippen LogP contribution is 2.43. The van der Waals surface area contributed by atoms with Crippen LogP contribution in [-0.4, -0.2) is 154 Å². The molecule has 24 heteroatoms. The monoisotopic (exact) mass is 1380 g/mol. The molecule has 2 amide bonds. The predicted molar refractivity (Wildman–Crippen MR) is 366 cm³/mol. The van der Waals surface area contributed by atoms with Crippen molar-refractivity contribution in [2.45, 2.75) is 384 Å². The average molecular weight is 1390 g/mol. The van der Waals surface area contributed by atoms with Crippen LogP contribution in [0.1, 0.15) is 323 Å². The van der Waals surface area contributed by atoms with Crippen LogP contribution in [0, 0.1) is 0 Å². The Kier molecular flexibility index (Phi) is 53.4. The van der Waals surface area contributed by atoms with E-state index in [1.54, 1.807) is 0 Å². The first-order chi connectivity index (χ1) is 45.4. The highest BCUT2D eigenvalue weighted by molar-refractivity contribution is 7.46. The lowest BCUT2D eigenvalue weighted by Gasteiger charge is -2.47. The summed E-state index contributed by atoms with van der Waals surface area (Å²) in [6, 6.07) is -2.58. The molecule has 2 fully saturated rings. The number of nitrogens with one attached hydrogen (secondary N) is 2. The fourth-order valence-electron chi connectivity index (χ4n) is 12.4. The molecule has 554 valence electrons. The van der Waals surface area contributed by atoms with E-state index in [9.17, 15) is 58.1 Å². The van der Waals surface area contributed by atoms with Crippen molar-refractivity contribution in [1.82, 2.24) is 10.6 Å². The van der Waals surface area contributed by atoms with Crippen molar-refractivity contribution in [3.63, 3.8) is 0 Å². The van der Waals surface area contributed by atoms with Crippen molar-refractivity contribution in [2.75, 3.05) is 39.6 Å². The summed E-state index contributed by atoms with van der Waals surface area (Å²) in [6.07, 6.45) is 30.9. The number of aliphatic hydroxyl groups is 2. The van der Waals surface area contributed by atoms with Gasteiger partial charge in [-0.05, 0) is 38.5 Å². The molecule has 2 aliphatic rings.